The smallest absolute Gasteiger partial charge is 0.337 e. The van der Waals surface area contributed by atoms with Gasteiger partial charge in [-0.2, -0.15) is 4.98 Å². The highest BCUT2D eigenvalue weighted by Crippen LogP contribution is 2.26. The number of ether oxygens (including phenoxy) is 2. The highest BCUT2D eigenvalue weighted by Gasteiger charge is 2.16. The number of para-hydroxylation sites is 2. The molecule has 1 aromatic heterocycles. The monoisotopic (exact) mass is 441 g/mol. The first-order valence-corrected chi connectivity index (χ1v) is 9.99. The van der Waals surface area contributed by atoms with E-state index < -0.39 is 17.4 Å². The Morgan fingerprint density at radius 1 is 1.13 bits per heavy atom. The summed E-state index contributed by atoms with van der Waals surface area (Å²) in [5.41, 5.74) is 0.769. The molecular formula is C21H19N3O6S. The minimum atomic E-state index is -0.515. The van der Waals surface area contributed by atoms with Crippen LogP contribution in [0.25, 0.3) is 5.69 Å². The van der Waals surface area contributed by atoms with Crippen molar-refractivity contribution in [2.75, 3.05) is 25.3 Å². The highest BCUT2D eigenvalue weighted by atomic mass is 32.2. The Hall–Kier alpha value is -3.79. The molecule has 0 bridgehead atoms. The Labute approximate surface area is 181 Å². The lowest BCUT2D eigenvalue weighted by atomic mass is 10.2. The molecule has 0 spiro atoms. The molecule has 1 heterocycles. The Kier molecular flexibility index (Phi) is 6.93. The predicted octanol–water partition coefficient (Wildman–Crippen LogP) is 2.46. The van der Waals surface area contributed by atoms with Crippen molar-refractivity contribution in [3.8, 4) is 17.3 Å². The van der Waals surface area contributed by atoms with Crippen molar-refractivity contribution < 1.29 is 24.2 Å². The number of nitrogens with one attached hydrogen (secondary N) is 1. The molecule has 3 aromatic rings. The van der Waals surface area contributed by atoms with Crippen LogP contribution in [-0.4, -0.2) is 46.5 Å². The lowest BCUT2D eigenvalue weighted by Gasteiger charge is -2.14. The van der Waals surface area contributed by atoms with E-state index in [2.05, 4.69) is 15.0 Å². The number of anilines is 1. The van der Waals surface area contributed by atoms with Gasteiger partial charge in [-0.15, -0.1) is 0 Å². The fourth-order valence-corrected chi connectivity index (χ4v) is 3.53. The molecule has 10 heteroatoms. The van der Waals surface area contributed by atoms with E-state index in [4.69, 9.17) is 4.74 Å². The minimum Gasteiger partial charge on any atom is -0.495 e. The normalized spacial score (nSPS) is 10.4. The van der Waals surface area contributed by atoms with Gasteiger partial charge in [-0.1, -0.05) is 23.9 Å². The summed E-state index contributed by atoms with van der Waals surface area (Å²) in [6.45, 7) is 0. The van der Waals surface area contributed by atoms with Crippen LogP contribution in [-0.2, 0) is 9.53 Å². The van der Waals surface area contributed by atoms with Gasteiger partial charge < -0.3 is 19.9 Å². The largest absolute Gasteiger partial charge is 0.495 e. The summed E-state index contributed by atoms with van der Waals surface area (Å²) in [4.78, 5) is 40.4. The summed E-state index contributed by atoms with van der Waals surface area (Å²) in [6.07, 6.45) is 0. The van der Waals surface area contributed by atoms with Crippen molar-refractivity contribution in [3.63, 3.8) is 0 Å². The molecule has 0 saturated heterocycles. The Morgan fingerprint density at radius 3 is 2.52 bits per heavy atom. The zero-order valence-electron chi connectivity index (χ0n) is 16.7. The van der Waals surface area contributed by atoms with Gasteiger partial charge in [-0.25, -0.2) is 4.79 Å². The number of thioether (sulfide) groups is 1. The van der Waals surface area contributed by atoms with Crippen LogP contribution in [0.2, 0.25) is 0 Å². The van der Waals surface area contributed by atoms with Gasteiger partial charge in [0, 0.05) is 5.69 Å². The number of carbonyl (C=O) groups is 2. The van der Waals surface area contributed by atoms with E-state index in [9.17, 15) is 19.5 Å². The van der Waals surface area contributed by atoms with Gasteiger partial charge in [-0.3, -0.25) is 14.2 Å². The number of rotatable bonds is 7. The summed E-state index contributed by atoms with van der Waals surface area (Å²) < 4.78 is 11.2. The van der Waals surface area contributed by atoms with E-state index in [1.54, 1.807) is 36.4 Å². The van der Waals surface area contributed by atoms with Gasteiger partial charge in [0.05, 0.1) is 37.3 Å². The van der Waals surface area contributed by atoms with Crippen molar-refractivity contribution in [1.82, 2.24) is 9.55 Å². The molecule has 1 amide bonds. The van der Waals surface area contributed by atoms with Crippen LogP contribution in [0.5, 0.6) is 11.6 Å². The number of aromatic nitrogens is 2. The quantitative estimate of drug-likeness (QED) is 0.326. The van der Waals surface area contributed by atoms with Gasteiger partial charge in [0.25, 0.3) is 5.56 Å². The second-order valence-electron chi connectivity index (χ2n) is 6.15. The van der Waals surface area contributed by atoms with E-state index in [-0.39, 0.29) is 16.8 Å². The van der Waals surface area contributed by atoms with E-state index in [0.717, 1.165) is 17.8 Å². The number of methoxy groups -OCH3 is 2. The summed E-state index contributed by atoms with van der Waals surface area (Å²) in [7, 11) is 2.76. The van der Waals surface area contributed by atoms with Crippen molar-refractivity contribution in [1.29, 1.82) is 0 Å². The number of amides is 1. The molecule has 0 aliphatic rings. The molecule has 0 unspecified atom stereocenters. The van der Waals surface area contributed by atoms with Crippen LogP contribution in [0.15, 0.2) is 64.5 Å². The third-order valence-corrected chi connectivity index (χ3v) is 5.06. The van der Waals surface area contributed by atoms with Crippen molar-refractivity contribution in [3.05, 3.63) is 70.5 Å². The lowest BCUT2D eigenvalue weighted by molar-refractivity contribution is -0.113. The minimum absolute atomic E-state index is 0.0796. The Bertz CT molecular complexity index is 1160. The second-order valence-corrected chi connectivity index (χ2v) is 7.09. The number of aromatic hydroxyl groups is 1. The number of hydrogen-bond acceptors (Lipinski definition) is 8. The van der Waals surface area contributed by atoms with Gasteiger partial charge in [0.2, 0.25) is 11.8 Å². The molecule has 9 nitrogen and oxygen atoms in total. The Morgan fingerprint density at radius 2 is 1.84 bits per heavy atom. The van der Waals surface area contributed by atoms with E-state index in [1.165, 1.54) is 30.9 Å². The van der Waals surface area contributed by atoms with Crippen LogP contribution in [0.1, 0.15) is 10.4 Å². The average Bonchev–Trinajstić information content (AvgIpc) is 2.77. The van der Waals surface area contributed by atoms with Crippen molar-refractivity contribution in [2.24, 2.45) is 0 Å². The molecule has 2 aromatic carbocycles. The van der Waals surface area contributed by atoms with E-state index in [1.807, 2.05) is 0 Å². The van der Waals surface area contributed by atoms with Gasteiger partial charge in [-0.05, 0) is 36.4 Å². The first-order valence-electron chi connectivity index (χ1n) is 9.00. The summed E-state index contributed by atoms with van der Waals surface area (Å²) >= 11 is 0.979. The zero-order valence-corrected chi connectivity index (χ0v) is 17.5. The third-order valence-electron chi connectivity index (χ3n) is 4.12. The zero-order chi connectivity index (χ0) is 22.4. The average molecular weight is 441 g/mol. The maximum absolute atomic E-state index is 12.5. The van der Waals surface area contributed by atoms with Crippen LogP contribution >= 0.6 is 11.8 Å². The standard InChI is InChI=1S/C21H19N3O6S/c1-29-16-6-4-3-5-15(16)24-19(27)11-17(25)23-21(24)31-12-18(26)22-14-9-7-13(8-10-14)20(28)30-2/h3-11,25H,12H2,1-2H3,(H,22,26). The topological polar surface area (TPSA) is 120 Å². The molecule has 31 heavy (non-hydrogen) atoms. The fourth-order valence-electron chi connectivity index (χ4n) is 2.72. The van der Waals surface area contributed by atoms with Crippen LogP contribution in [0, 0.1) is 0 Å². The molecule has 2 N–H and O–H groups in total. The van der Waals surface area contributed by atoms with Gasteiger partial charge in [0.15, 0.2) is 5.16 Å². The number of carbonyl (C=O) groups excluding carboxylic acids is 2. The maximum atomic E-state index is 12.5. The van der Waals surface area contributed by atoms with Crippen LogP contribution < -0.4 is 15.6 Å². The van der Waals surface area contributed by atoms with Crippen LogP contribution in [0.3, 0.4) is 0 Å². The van der Waals surface area contributed by atoms with Gasteiger partial charge >= 0.3 is 5.97 Å². The molecular weight excluding hydrogens is 422 g/mol. The number of esters is 1. The molecule has 0 radical (unpaired) electrons. The van der Waals surface area contributed by atoms with Gasteiger partial charge in [0.1, 0.15) is 5.75 Å². The van der Waals surface area contributed by atoms with Crippen molar-refractivity contribution in [2.45, 2.75) is 5.16 Å². The first kappa shape index (κ1) is 21.9. The molecule has 0 atom stereocenters. The SMILES string of the molecule is COC(=O)c1ccc(NC(=O)CSc2nc(O)cc(=O)n2-c2ccccc2OC)cc1. The first-order chi connectivity index (χ1) is 14.9. The molecule has 0 fully saturated rings. The number of nitrogens with zero attached hydrogens (tertiary/aromatic N) is 2. The summed E-state index contributed by atoms with van der Waals surface area (Å²) in [5, 5.41) is 12.6. The van der Waals surface area contributed by atoms with Crippen LogP contribution in [0.4, 0.5) is 5.69 Å². The predicted molar refractivity (Wildman–Crippen MR) is 115 cm³/mol. The van der Waals surface area contributed by atoms with E-state index >= 15 is 0 Å². The molecule has 0 aliphatic carbocycles. The molecule has 3 rings (SSSR count). The molecule has 0 saturated carbocycles. The van der Waals surface area contributed by atoms with Crippen molar-refractivity contribution >= 4 is 29.3 Å². The number of benzene rings is 2. The third kappa shape index (κ3) is 5.23. The Balaban J connectivity index is 1.78. The lowest BCUT2D eigenvalue weighted by Crippen LogP contribution is -2.22. The summed E-state index contributed by atoms with van der Waals surface area (Å²) in [6, 6.07) is 14.1. The summed E-state index contributed by atoms with van der Waals surface area (Å²) in [5.74, 6) is -0.923. The highest BCUT2D eigenvalue weighted by molar-refractivity contribution is 7.99. The molecule has 0 aliphatic heterocycles. The second kappa shape index (κ2) is 9.81. The maximum Gasteiger partial charge on any atom is 0.337 e. The van der Waals surface area contributed by atoms with E-state index in [0.29, 0.717) is 22.7 Å². The number of hydrogen-bond donors (Lipinski definition) is 2. The molecule has 160 valence electrons. The fraction of sp³-hybridized carbons (Fsp3) is 0.143.